The number of hydrogen-bond donors (Lipinski definition) is 1. The predicted molar refractivity (Wildman–Crippen MR) is 252 cm³/mol. The third kappa shape index (κ3) is 40.4. The lowest BCUT2D eigenvalue weighted by Crippen LogP contribution is -2.50. The molecule has 346 valence electrons. The lowest BCUT2D eigenvalue weighted by Gasteiger charge is -2.31. The van der Waals surface area contributed by atoms with E-state index in [0.717, 1.165) is 83.5 Å². The Morgan fingerprint density at radius 1 is 0.517 bits per heavy atom. The largest absolute Gasteiger partial charge is 0.477 e. The van der Waals surface area contributed by atoms with Crippen molar-refractivity contribution in [3.63, 3.8) is 0 Å². The van der Waals surface area contributed by atoms with Gasteiger partial charge in [0.15, 0.2) is 12.1 Å². The SMILES string of the molecule is CC/C=C/C/C=C/C/C=C/C/C=C/CCCCCCCCCCCC(=O)OCC(COCCC(C(=O)O)[N+](C)(C)C)OC(=O)CCCCC/C=C/CCCCCCCCC. The van der Waals surface area contributed by atoms with Crippen molar-refractivity contribution in [3.8, 4) is 0 Å². The highest BCUT2D eigenvalue weighted by Crippen LogP contribution is 2.14. The van der Waals surface area contributed by atoms with Crippen LogP contribution in [0.25, 0.3) is 0 Å². The number of esters is 2. The molecule has 0 bridgehead atoms. The summed E-state index contributed by atoms with van der Waals surface area (Å²) in [5.74, 6) is -1.49. The average molecular weight is 843 g/mol. The zero-order valence-corrected chi connectivity index (χ0v) is 39.4. The smallest absolute Gasteiger partial charge is 0.362 e. The van der Waals surface area contributed by atoms with Crippen molar-refractivity contribution < 1.29 is 38.2 Å². The minimum absolute atomic E-state index is 0.0521. The van der Waals surface area contributed by atoms with E-state index in [2.05, 4.69) is 74.6 Å². The fourth-order valence-corrected chi connectivity index (χ4v) is 6.90. The van der Waals surface area contributed by atoms with E-state index in [1.54, 1.807) is 0 Å². The number of nitrogens with zero attached hydrogens (tertiary/aromatic N) is 1. The number of likely N-dealkylation sites (N-methyl/N-ethyl adjacent to an activating group) is 1. The monoisotopic (exact) mass is 843 g/mol. The topological polar surface area (TPSA) is 99.1 Å². The second-order valence-electron chi connectivity index (χ2n) is 17.3. The van der Waals surface area contributed by atoms with E-state index in [4.69, 9.17) is 14.2 Å². The maximum Gasteiger partial charge on any atom is 0.362 e. The van der Waals surface area contributed by atoms with Crippen LogP contribution in [0.5, 0.6) is 0 Å². The van der Waals surface area contributed by atoms with Gasteiger partial charge in [-0.2, -0.15) is 0 Å². The normalized spacial score (nSPS) is 13.4. The third-order valence-corrected chi connectivity index (χ3v) is 10.7. The van der Waals surface area contributed by atoms with Crippen LogP contribution in [-0.4, -0.2) is 80.6 Å². The van der Waals surface area contributed by atoms with Crippen LogP contribution >= 0.6 is 0 Å². The molecule has 0 aromatic carbocycles. The van der Waals surface area contributed by atoms with Gasteiger partial charge in [-0.3, -0.25) is 9.59 Å². The number of allylic oxidation sites excluding steroid dienone is 10. The highest BCUT2D eigenvalue weighted by atomic mass is 16.6. The predicted octanol–water partition coefficient (Wildman–Crippen LogP) is 13.8. The second-order valence-corrected chi connectivity index (χ2v) is 17.3. The standard InChI is InChI=1S/C52H91NO7/c1-6-8-10-12-14-16-18-20-22-23-24-25-26-27-28-29-31-32-34-36-38-40-42-50(54)59-47-48(46-58-45-44-49(52(56)57)53(3,4)5)60-51(55)43-41-39-37-35-33-30-21-19-17-15-13-11-9-7-2/h8,10,14,16,20,22,24-25,30,33,48-49H,6-7,9,11-13,15,17-19,21,23,26-29,31-32,34-47H2,1-5H3/p+1/b10-8+,16-14+,22-20+,25-24+,33-30+. The van der Waals surface area contributed by atoms with Gasteiger partial charge >= 0.3 is 17.9 Å². The van der Waals surface area contributed by atoms with Crippen molar-refractivity contribution in [1.82, 2.24) is 0 Å². The first-order valence-electron chi connectivity index (χ1n) is 24.3. The summed E-state index contributed by atoms with van der Waals surface area (Å²) in [6, 6.07) is -0.619. The third-order valence-electron chi connectivity index (χ3n) is 10.7. The number of quaternary nitrogens is 1. The summed E-state index contributed by atoms with van der Waals surface area (Å²) in [5, 5.41) is 9.64. The first kappa shape index (κ1) is 57.0. The minimum atomic E-state index is -0.879. The molecule has 60 heavy (non-hydrogen) atoms. The molecule has 1 N–H and O–H groups in total. The Kier molecular flexibility index (Phi) is 40.6. The van der Waals surface area contributed by atoms with Crippen LogP contribution in [0.3, 0.4) is 0 Å². The number of carbonyl (C=O) groups is 3. The zero-order valence-electron chi connectivity index (χ0n) is 39.4. The number of hydrogen-bond acceptors (Lipinski definition) is 6. The minimum Gasteiger partial charge on any atom is -0.477 e. The van der Waals surface area contributed by atoms with Gasteiger partial charge in [-0.15, -0.1) is 0 Å². The molecular weight excluding hydrogens is 751 g/mol. The van der Waals surface area contributed by atoms with Crippen molar-refractivity contribution in [2.24, 2.45) is 0 Å². The van der Waals surface area contributed by atoms with Crippen LogP contribution in [0.2, 0.25) is 0 Å². The maximum atomic E-state index is 12.7. The number of ether oxygens (including phenoxy) is 3. The van der Waals surface area contributed by atoms with Gasteiger partial charge in [-0.25, -0.2) is 4.79 Å². The quantitative estimate of drug-likeness (QED) is 0.0282. The van der Waals surface area contributed by atoms with E-state index in [-0.39, 0.29) is 36.2 Å². The van der Waals surface area contributed by atoms with E-state index in [9.17, 15) is 19.5 Å². The molecule has 0 saturated heterocycles. The van der Waals surface area contributed by atoms with Gasteiger partial charge in [0.25, 0.3) is 0 Å². The second kappa shape index (κ2) is 42.7. The first-order valence-corrected chi connectivity index (χ1v) is 24.3. The Morgan fingerprint density at radius 3 is 1.42 bits per heavy atom. The van der Waals surface area contributed by atoms with E-state index in [1.165, 1.54) is 83.5 Å². The average Bonchev–Trinajstić information content (AvgIpc) is 3.21. The molecular formula is C52H92NO7+. The molecule has 0 heterocycles. The van der Waals surface area contributed by atoms with Gasteiger partial charge in [-0.1, -0.05) is 164 Å². The molecule has 2 unspecified atom stereocenters. The fraction of sp³-hybridized carbons (Fsp3) is 0.750. The molecule has 0 rings (SSSR count). The molecule has 0 aliphatic rings. The van der Waals surface area contributed by atoms with Crippen LogP contribution in [-0.2, 0) is 28.6 Å². The van der Waals surface area contributed by atoms with Gasteiger partial charge in [0.05, 0.1) is 34.4 Å². The van der Waals surface area contributed by atoms with Crippen LogP contribution < -0.4 is 0 Å². The Labute approximate surface area is 368 Å². The molecule has 8 nitrogen and oxygen atoms in total. The summed E-state index contributed by atoms with van der Waals surface area (Å²) in [7, 11) is 5.52. The Morgan fingerprint density at radius 2 is 0.933 bits per heavy atom. The molecule has 0 aliphatic heterocycles. The molecule has 0 aliphatic carbocycles. The molecule has 0 spiro atoms. The Balaban J connectivity index is 4.27. The van der Waals surface area contributed by atoms with Gasteiger partial charge in [-0.05, 0) is 77.0 Å². The summed E-state index contributed by atoms with van der Waals surface area (Å²) in [4.78, 5) is 37.1. The Bertz CT molecular complexity index is 1170. The first-order chi connectivity index (χ1) is 29.1. The van der Waals surface area contributed by atoms with Gasteiger partial charge in [0, 0.05) is 19.3 Å². The van der Waals surface area contributed by atoms with Crippen molar-refractivity contribution in [1.29, 1.82) is 0 Å². The van der Waals surface area contributed by atoms with Gasteiger partial charge in [0.1, 0.15) is 6.61 Å². The van der Waals surface area contributed by atoms with E-state index >= 15 is 0 Å². The van der Waals surface area contributed by atoms with Gasteiger partial charge in [0.2, 0.25) is 0 Å². The summed E-state index contributed by atoms with van der Waals surface area (Å²) >= 11 is 0. The highest BCUT2D eigenvalue weighted by molar-refractivity contribution is 5.72. The van der Waals surface area contributed by atoms with Crippen LogP contribution in [0.1, 0.15) is 200 Å². The number of aliphatic carboxylic acids is 1. The molecule has 0 fully saturated rings. The Hall–Kier alpha value is -2.97. The van der Waals surface area contributed by atoms with Crippen LogP contribution in [0.4, 0.5) is 0 Å². The van der Waals surface area contributed by atoms with Crippen LogP contribution in [0.15, 0.2) is 60.8 Å². The fourth-order valence-electron chi connectivity index (χ4n) is 6.90. The molecule has 2 atom stereocenters. The van der Waals surface area contributed by atoms with Gasteiger partial charge < -0.3 is 23.8 Å². The molecule has 0 amide bonds. The number of rotatable bonds is 43. The van der Waals surface area contributed by atoms with E-state index in [0.29, 0.717) is 19.3 Å². The molecule has 0 aromatic rings. The van der Waals surface area contributed by atoms with Crippen molar-refractivity contribution in [2.45, 2.75) is 212 Å². The summed E-state index contributed by atoms with van der Waals surface area (Å²) < 4.78 is 17.3. The van der Waals surface area contributed by atoms with Crippen molar-refractivity contribution in [3.05, 3.63) is 60.8 Å². The summed E-state index contributed by atoms with van der Waals surface area (Å²) in [6.07, 6.45) is 52.7. The van der Waals surface area contributed by atoms with Crippen LogP contribution in [0, 0.1) is 0 Å². The van der Waals surface area contributed by atoms with E-state index < -0.39 is 18.1 Å². The van der Waals surface area contributed by atoms with Crippen molar-refractivity contribution in [2.75, 3.05) is 41.0 Å². The highest BCUT2D eigenvalue weighted by Gasteiger charge is 2.31. The molecule has 0 radical (unpaired) electrons. The summed E-state index contributed by atoms with van der Waals surface area (Å²) in [6.45, 7) is 4.60. The molecule has 0 saturated carbocycles. The zero-order chi connectivity index (χ0) is 44.2. The number of carboxylic acids is 1. The molecule has 0 aromatic heterocycles. The number of unbranched alkanes of at least 4 members (excludes halogenated alkanes) is 19. The number of carboxylic acid groups (broad SMARTS) is 1. The van der Waals surface area contributed by atoms with E-state index in [1.807, 2.05) is 21.1 Å². The lowest BCUT2D eigenvalue weighted by atomic mass is 10.1. The summed E-state index contributed by atoms with van der Waals surface area (Å²) in [5.41, 5.74) is 0. The van der Waals surface area contributed by atoms with Crippen molar-refractivity contribution >= 4 is 17.9 Å². The lowest BCUT2D eigenvalue weighted by molar-refractivity contribution is -0.887. The molecule has 8 heteroatoms. The number of carbonyl (C=O) groups excluding carboxylic acids is 2. The maximum absolute atomic E-state index is 12.7.